The second-order valence-corrected chi connectivity index (χ2v) is 20.4. The minimum absolute atomic E-state index is 0.149. The number of aryl methyl sites for hydroxylation is 2. The van der Waals surface area contributed by atoms with Gasteiger partial charge in [-0.05, 0) is 58.8 Å². The Morgan fingerprint density at radius 2 is 0.642 bits per heavy atom. The van der Waals surface area contributed by atoms with E-state index in [9.17, 15) is 0 Å². The Kier molecular flexibility index (Phi) is 6.16. The zero-order chi connectivity index (χ0) is 37.6. The van der Waals surface area contributed by atoms with Crippen LogP contribution in [0.15, 0.2) is 37.5 Å². The zero-order valence-corrected chi connectivity index (χ0v) is 34.3. The Morgan fingerprint density at radius 1 is 0.377 bits per heavy atom. The van der Waals surface area contributed by atoms with Crippen LogP contribution in [0.1, 0.15) is 132 Å². The molecule has 5 aromatic carbocycles. The van der Waals surface area contributed by atoms with Crippen LogP contribution in [0.4, 0.5) is 0 Å². The summed E-state index contributed by atoms with van der Waals surface area (Å²) in [5.74, 6) is 0.634. The highest BCUT2D eigenvalue weighted by Gasteiger charge is 2.37. The third-order valence-electron chi connectivity index (χ3n) is 12.4. The fraction of sp³-hybridized carbons (Fsp3) is 0.458. The lowest BCUT2D eigenvalue weighted by Crippen LogP contribution is -2.12. The second-order valence-electron chi connectivity index (χ2n) is 20.4. The number of aromatic nitrogens is 2. The first kappa shape index (κ1) is 33.2. The maximum Gasteiger partial charge on any atom is 0.299 e. The van der Waals surface area contributed by atoms with Gasteiger partial charge in [0.2, 0.25) is 0 Å². The Labute approximate surface area is 311 Å². The van der Waals surface area contributed by atoms with Gasteiger partial charge in [0.25, 0.3) is 5.78 Å². The molecule has 0 saturated carbocycles. The normalized spacial score (nSPS) is 14.5. The van der Waals surface area contributed by atoms with E-state index >= 15 is 0 Å². The minimum atomic E-state index is -0.159. The third-order valence-corrected chi connectivity index (χ3v) is 12.4. The van der Waals surface area contributed by atoms with Crippen LogP contribution in [-0.4, -0.2) is 9.13 Å². The van der Waals surface area contributed by atoms with Crippen LogP contribution < -0.4 is 0 Å². The molecule has 5 heterocycles. The van der Waals surface area contributed by atoms with Gasteiger partial charge < -0.3 is 22.4 Å². The average Bonchev–Trinajstić information content (AvgIpc) is 3.82. The molecule has 0 bridgehead atoms. The standard InChI is InChI=1S/C48H54N2O3/c1-15-17-49-27-19-23(45(3,4)5)40-35-31(27)33-29(49)21-25(47(9,10)11)42-37(33)39-38-34-30(22-26(48(12,13)14)43(38)53-44(39)52-42)50(18-16-2)28-20-24(46(6,7)8)41(51-40)36(35)32(28)34/h19-22H,15-18H2,1-14H3. The van der Waals surface area contributed by atoms with E-state index in [0.717, 1.165) is 53.6 Å². The summed E-state index contributed by atoms with van der Waals surface area (Å²) in [6.07, 6.45) is 2.06. The van der Waals surface area contributed by atoms with Gasteiger partial charge in [0.05, 0.1) is 27.5 Å². The van der Waals surface area contributed by atoms with Crippen molar-refractivity contribution in [3.05, 3.63) is 46.5 Å². The lowest BCUT2D eigenvalue weighted by Gasteiger charge is -2.21. The van der Waals surface area contributed by atoms with Crippen LogP contribution in [0.3, 0.4) is 0 Å². The highest BCUT2D eigenvalue weighted by molar-refractivity contribution is 6.45. The molecular formula is C48H54N2O3. The van der Waals surface area contributed by atoms with E-state index in [1.54, 1.807) is 0 Å². The highest BCUT2D eigenvalue weighted by atomic mass is 16.5. The number of benzene rings is 4. The molecule has 10 aromatic rings. The van der Waals surface area contributed by atoms with Gasteiger partial charge in [-0.3, -0.25) is 0 Å². The van der Waals surface area contributed by atoms with E-state index < -0.39 is 0 Å². The smallest absolute Gasteiger partial charge is 0.299 e. The molecule has 0 saturated heterocycles. The first-order valence-corrected chi connectivity index (χ1v) is 20.0. The van der Waals surface area contributed by atoms with E-state index in [2.05, 4.69) is 130 Å². The molecule has 5 nitrogen and oxygen atoms in total. The van der Waals surface area contributed by atoms with E-state index in [0.29, 0.717) is 5.78 Å². The number of hydrogen-bond donors (Lipinski definition) is 0. The number of nitrogens with zero attached hydrogens (tertiary/aromatic N) is 2. The van der Waals surface area contributed by atoms with Gasteiger partial charge in [0, 0.05) is 78.4 Å². The molecule has 10 rings (SSSR count). The van der Waals surface area contributed by atoms with Gasteiger partial charge in [0.1, 0.15) is 22.3 Å². The minimum Gasteiger partial charge on any atom is -0.455 e. The van der Waals surface area contributed by atoms with Crippen LogP contribution in [0, 0.1) is 0 Å². The topological polar surface area (TPSA) is 49.3 Å². The highest BCUT2D eigenvalue weighted by Crippen LogP contribution is 2.57. The van der Waals surface area contributed by atoms with Crippen LogP contribution >= 0.6 is 0 Å². The van der Waals surface area contributed by atoms with Crippen molar-refractivity contribution in [2.75, 3.05) is 0 Å². The molecule has 5 aromatic heterocycles. The summed E-state index contributed by atoms with van der Waals surface area (Å²) in [6, 6.07) is 9.81. The van der Waals surface area contributed by atoms with Gasteiger partial charge in [-0.1, -0.05) is 96.9 Å². The fourth-order valence-electron chi connectivity index (χ4n) is 10.0. The van der Waals surface area contributed by atoms with Crippen molar-refractivity contribution in [2.24, 2.45) is 0 Å². The molecule has 274 valence electrons. The van der Waals surface area contributed by atoms with Crippen LogP contribution in [0.25, 0.3) is 98.7 Å². The number of hydrogen-bond acceptors (Lipinski definition) is 3. The van der Waals surface area contributed by atoms with Crippen molar-refractivity contribution in [1.29, 1.82) is 0 Å². The monoisotopic (exact) mass is 706 g/mol. The molecule has 0 amide bonds. The van der Waals surface area contributed by atoms with Crippen molar-refractivity contribution >= 4 is 98.7 Å². The van der Waals surface area contributed by atoms with Gasteiger partial charge in [-0.15, -0.1) is 0 Å². The predicted octanol–water partition coefficient (Wildman–Crippen LogP) is 14.8. The van der Waals surface area contributed by atoms with Crippen molar-refractivity contribution in [3.8, 4) is 0 Å². The first-order valence-electron chi connectivity index (χ1n) is 20.0. The summed E-state index contributed by atoms with van der Waals surface area (Å²) < 4.78 is 26.9. The van der Waals surface area contributed by atoms with Crippen molar-refractivity contribution in [2.45, 2.75) is 145 Å². The van der Waals surface area contributed by atoms with Crippen molar-refractivity contribution in [1.82, 2.24) is 9.13 Å². The van der Waals surface area contributed by atoms with Gasteiger partial charge in [-0.2, -0.15) is 0 Å². The molecule has 0 aliphatic rings. The average molecular weight is 707 g/mol. The van der Waals surface area contributed by atoms with Crippen molar-refractivity contribution in [3.63, 3.8) is 0 Å². The quantitative estimate of drug-likeness (QED) is 0.183. The van der Waals surface area contributed by atoms with Crippen LogP contribution in [0.2, 0.25) is 0 Å². The maximum atomic E-state index is 7.46. The molecule has 5 heteroatoms. The molecule has 0 atom stereocenters. The van der Waals surface area contributed by atoms with Gasteiger partial charge in [-0.25, -0.2) is 0 Å². The predicted molar refractivity (Wildman–Crippen MR) is 226 cm³/mol. The summed E-state index contributed by atoms with van der Waals surface area (Å²) in [7, 11) is 0. The summed E-state index contributed by atoms with van der Waals surface area (Å²) in [5, 5.41) is 11.1. The van der Waals surface area contributed by atoms with Gasteiger partial charge in [0.15, 0.2) is 0 Å². The summed E-state index contributed by atoms with van der Waals surface area (Å²) in [4.78, 5) is 0. The summed E-state index contributed by atoms with van der Waals surface area (Å²) in [5.41, 5.74) is 13.4. The molecule has 0 aliphatic carbocycles. The number of furan rings is 3. The Bertz CT molecular complexity index is 2890. The van der Waals surface area contributed by atoms with Crippen molar-refractivity contribution < 1.29 is 13.3 Å². The molecule has 0 aliphatic heterocycles. The van der Waals surface area contributed by atoms with E-state index in [1.807, 2.05) is 0 Å². The molecule has 0 spiro atoms. The van der Waals surface area contributed by atoms with Crippen LogP contribution in [-0.2, 0) is 34.7 Å². The lowest BCUT2D eigenvalue weighted by atomic mass is 9.82. The van der Waals surface area contributed by atoms with Crippen LogP contribution in [0.5, 0.6) is 0 Å². The number of rotatable bonds is 4. The Balaban J connectivity index is 1.70. The summed E-state index contributed by atoms with van der Waals surface area (Å²) in [6.45, 7) is 34.3. The summed E-state index contributed by atoms with van der Waals surface area (Å²) >= 11 is 0. The Hall–Kier alpha value is -4.38. The molecule has 53 heavy (non-hydrogen) atoms. The molecule has 0 unspecified atom stereocenters. The lowest BCUT2D eigenvalue weighted by molar-refractivity contribution is 0.503. The fourth-order valence-corrected chi connectivity index (χ4v) is 10.0. The maximum absolute atomic E-state index is 7.46. The SMILES string of the molecule is CCCn1c2cc(C(C)(C)C)c3oc4oc5c(C(C)(C)C)cc6c7c5c4c3c2c2c3c(oc4c(C(C)(C)C)cc(c7c43)n6CCC)c(C(C)(C)C)cc21. The molecule has 0 fully saturated rings. The van der Waals surface area contributed by atoms with E-state index in [4.69, 9.17) is 13.3 Å². The second kappa shape index (κ2) is 9.83. The molecule has 0 N–H and O–H groups in total. The van der Waals surface area contributed by atoms with E-state index in [-0.39, 0.29) is 21.7 Å². The zero-order valence-electron chi connectivity index (χ0n) is 34.3. The van der Waals surface area contributed by atoms with Gasteiger partial charge >= 0.3 is 0 Å². The third kappa shape index (κ3) is 3.99. The van der Waals surface area contributed by atoms with E-state index in [1.165, 1.54) is 87.4 Å². The largest absolute Gasteiger partial charge is 0.455 e. The first-order chi connectivity index (χ1) is 24.8. The molecule has 0 radical (unpaired) electrons. The Morgan fingerprint density at radius 3 is 0.906 bits per heavy atom. The molecular weight excluding hydrogens is 653 g/mol.